The second-order valence-electron chi connectivity index (χ2n) is 4.14. The van der Waals surface area contributed by atoms with Crippen molar-refractivity contribution in [2.24, 2.45) is 0 Å². The minimum atomic E-state index is -0.326. The topological polar surface area (TPSA) is 61.0 Å². The van der Waals surface area contributed by atoms with Gasteiger partial charge in [-0.3, -0.25) is 0 Å². The van der Waals surface area contributed by atoms with Crippen molar-refractivity contribution in [2.45, 2.75) is 13.5 Å². The van der Waals surface area contributed by atoms with Crippen molar-refractivity contribution in [2.75, 3.05) is 12.8 Å². The number of nitrogens with zero attached hydrogens (tertiary/aromatic N) is 2. The van der Waals surface area contributed by atoms with Gasteiger partial charge in [-0.15, -0.1) is 0 Å². The van der Waals surface area contributed by atoms with Crippen molar-refractivity contribution >= 4 is 21.7 Å². The number of hydrogen-bond acceptors (Lipinski definition) is 4. The average molecular weight is 326 g/mol. The Morgan fingerprint density at radius 3 is 2.68 bits per heavy atom. The molecule has 0 aliphatic heterocycles. The minimum absolute atomic E-state index is 0.300. The number of rotatable bonds is 3. The van der Waals surface area contributed by atoms with E-state index in [4.69, 9.17) is 10.5 Å². The summed E-state index contributed by atoms with van der Waals surface area (Å²) in [6.45, 7) is 2.11. The summed E-state index contributed by atoms with van der Waals surface area (Å²) in [5.74, 6) is 0.364. The Labute approximate surface area is 119 Å². The predicted octanol–water partition coefficient (Wildman–Crippen LogP) is 3.08. The van der Waals surface area contributed by atoms with Gasteiger partial charge in [0.25, 0.3) is 0 Å². The average Bonchev–Trinajstić information content (AvgIpc) is 2.33. The lowest BCUT2D eigenvalue weighted by molar-refractivity contribution is 0.181. The Kier molecular flexibility index (Phi) is 4.11. The first kappa shape index (κ1) is 13.9. The number of nitrogens with two attached hydrogens (primary N) is 1. The molecule has 1 aromatic carbocycles. The molecule has 0 atom stereocenters. The molecule has 1 aromatic heterocycles. The zero-order valence-corrected chi connectivity index (χ0v) is 12.2. The van der Waals surface area contributed by atoms with Gasteiger partial charge in [-0.25, -0.2) is 14.4 Å². The van der Waals surface area contributed by atoms with Crippen LogP contribution in [0.25, 0.3) is 11.4 Å². The van der Waals surface area contributed by atoms with Gasteiger partial charge in [0.05, 0.1) is 16.8 Å². The van der Waals surface area contributed by atoms with Crippen LogP contribution < -0.4 is 5.73 Å². The molecule has 0 amide bonds. The van der Waals surface area contributed by atoms with Gasteiger partial charge in [0.15, 0.2) is 5.82 Å². The fourth-order valence-electron chi connectivity index (χ4n) is 1.74. The smallest absolute Gasteiger partial charge is 0.162 e. The first-order chi connectivity index (χ1) is 9.01. The van der Waals surface area contributed by atoms with Crippen molar-refractivity contribution in [1.82, 2.24) is 9.97 Å². The lowest BCUT2D eigenvalue weighted by Crippen LogP contribution is -2.04. The highest BCUT2D eigenvalue weighted by atomic mass is 79.9. The second-order valence-corrected chi connectivity index (χ2v) is 4.94. The maximum atomic E-state index is 13.4. The Morgan fingerprint density at radius 2 is 2.05 bits per heavy atom. The number of halogens is 2. The zero-order valence-electron chi connectivity index (χ0n) is 10.6. The van der Waals surface area contributed by atoms with Crippen molar-refractivity contribution in [3.05, 3.63) is 39.7 Å². The zero-order chi connectivity index (χ0) is 14.0. The van der Waals surface area contributed by atoms with E-state index < -0.39 is 0 Å². The lowest BCUT2D eigenvalue weighted by atomic mass is 10.1. The van der Waals surface area contributed by atoms with Crippen LogP contribution in [0.2, 0.25) is 0 Å². The fourth-order valence-corrected chi connectivity index (χ4v) is 2.03. The van der Waals surface area contributed by atoms with Crippen molar-refractivity contribution < 1.29 is 9.13 Å². The predicted molar refractivity (Wildman–Crippen MR) is 75.0 cm³/mol. The number of ether oxygens (including phenoxy) is 1. The number of hydrogen-bond donors (Lipinski definition) is 1. The summed E-state index contributed by atoms with van der Waals surface area (Å²) in [7, 11) is 1.57. The molecule has 1 heterocycles. The van der Waals surface area contributed by atoms with Gasteiger partial charge < -0.3 is 10.5 Å². The van der Waals surface area contributed by atoms with E-state index in [1.165, 1.54) is 12.1 Å². The molecule has 0 aliphatic rings. The molecule has 2 rings (SSSR count). The van der Waals surface area contributed by atoms with E-state index >= 15 is 0 Å². The second kappa shape index (κ2) is 5.63. The summed E-state index contributed by atoms with van der Waals surface area (Å²) in [6, 6.07) is 4.64. The fraction of sp³-hybridized carbons (Fsp3) is 0.231. The third-order valence-corrected chi connectivity index (χ3v) is 3.39. The summed E-state index contributed by atoms with van der Waals surface area (Å²) in [5.41, 5.74) is 7.84. The van der Waals surface area contributed by atoms with Crippen LogP contribution >= 0.6 is 15.9 Å². The molecule has 0 spiro atoms. The van der Waals surface area contributed by atoms with E-state index in [-0.39, 0.29) is 5.82 Å². The quantitative estimate of drug-likeness (QED) is 0.942. The van der Waals surface area contributed by atoms with Crippen LogP contribution in [0, 0.1) is 12.7 Å². The Balaban J connectivity index is 2.55. The molecule has 6 heteroatoms. The highest BCUT2D eigenvalue weighted by Crippen LogP contribution is 2.26. The minimum Gasteiger partial charge on any atom is -0.383 e. The number of aryl methyl sites for hydroxylation is 1. The molecule has 100 valence electrons. The van der Waals surface area contributed by atoms with Gasteiger partial charge in [0.1, 0.15) is 11.6 Å². The highest BCUT2D eigenvalue weighted by Gasteiger charge is 2.12. The number of methoxy groups -OCH3 is 1. The summed E-state index contributed by atoms with van der Waals surface area (Å²) in [6.07, 6.45) is 0. The first-order valence-electron chi connectivity index (χ1n) is 5.59. The van der Waals surface area contributed by atoms with Crippen LogP contribution in [-0.4, -0.2) is 17.1 Å². The van der Waals surface area contributed by atoms with Gasteiger partial charge in [0, 0.05) is 12.7 Å². The molecule has 0 bridgehead atoms. The summed E-state index contributed by atoms with van der Waals surface area (Å²) in [4.78, 5) is 8.51. The Bertz CT molecular complexity index is 599. The van der Waals surface area contributed by atoms with Crippen molar-refractivity contribution in [3.8, 4) is 11.4 Å². The number of anilines is 1. The van der Waals surface area contributed by atoms with Crippen LogP contribution in [0.1, 0.15) is 11.3 Å². The SMILES string of the molecule is COCc1nc(-c2cc(C)cc(F)c2)nc(N)c1Br. The Hall–Kier alpha value is -1.53. The van der Waals surface area contributed by atoms with Gasteiger partial charge in [-0.1, -0.05) is 0 Å². The molecule has 0 radical (unpaired) electrons. The third-order valence-electron chi connectivity index (χ3n) is 2.53. The van der Waals surface area contributed by atoms with E-state index in [0.717, 1.165) is 5.56 Å². The third kappa shape index (κ3) is 3.08. The van der Waals surface area contributed by atoms with Gasteiger partial charge in [0.2, 0.25) is 0 Å². The molecule has 2 aromatic rings. The first-order valence-corrected chi connectivity index (χ1v) is 6.39. The maximum absolute atomic E-state index is 13.4. The maximum Gasteiger partial charge on any atom is 0.162 e. The highest BCUT2D eigenvalue weighted by molar-refractivity contribution is 9.10. The van der Waals surface area contributed by atoms with Crippen LogP contribution in [0.4, 0.5) is 10.2 Å². The molecule has 0 unspecified atom stereocenters. The normalized spacial score (nSPS) is 10.7. The standard InChI is InChI=1S/C13H13BrFN3O/c1-7-3-8(5-9(15)4-7)13-17-10(6-19-2)11(14)12(16)18-13/h3-5H,6H2,1-2H3,(H2,16,17,18). The lowest BCUT2D eigenvalue weighted by Gasteiger charge is -2.09. The largest absolute Gasteiger partial charge is 0.383 e. The van der Waals surface area contributed by atoms with Gasteiger partial charge in [-0.2, -0.15) is 0 Å². The van der Waals surface area contributed by atoms with E-state index in [1.54, 1.807) is 7.11 Å². The molecule has 19 heavy (non-hydrogen) atoms. The molecule has 4 nitrogen and oxygen atoms in total. The van der Waals surface area contributed by atoms with E-state index in [2.05, 4.69) is 25.9 Å². The van der Waals surface area contributed by atoms with Crippen LogP contribution in [-0.2, 0) is 11.3 Å². The molecular weight excluding hydrogens is 313 g/mol. The summed E-state index contributed by atoms with van der Waals surface area (Å²) >= 11 is 3.31. The van der Waals surface area contributed by atoms with Crippen molar-refractivity contribution in [3.63, 3.8) is 0 Å². The Morgan fingerprint density at radius 1 is 1.32 bits per heavy atom. The number of nitrogen functional groups attached to an aromatic ring is 1. The number of aromatic nitrogens is 2. The van der Waals surface area contributed by atoms with Gasteiger partial charge >= 0.3 is 0 Å². The van der Waals surface area contributed by atoms with Crippen molar-refractivity contribution in [1.29, 1.82) is 0 Å². The van der Waals surface area contributed by atoms with Crippen LogP contribution in [0.5, 0.6) is 0 Å². The molecule has 0 saturated heterocycles. The molecule has 0 saturated carbocycles. The van der Waals surface area contributed by atoms with E-state index in [1.807, 2.05) is 13.0 Å². The monoisotopic (exact) mass is 325 g/mol. The van der Waals surface area contributed by atoms with Crippen LogP contribution in [0.15, 0.2) is 22.7 Å². The molecule has 0 fully saturated rings. The summed E-state index contributed by atoms with van der Waals surface area (Å²) < 4.78 is 19.1. The van der Waals surface area contributed by atoms with E-state index in [0.29, 0.717) is 34.0 Å². The molecular formula is C13H13BrFN3O. The molecule has 2 N–H and O–H groups in total. The molecule has 0 aliphatic carbocycles. The van der Waals surface area contributed by atoms with E-state index in [9.17, 15) is 4.39 Å². The van der Waals surface area contributed by atoms with Crippen LogP contribution in [0.3, 0.4) is 0 Å². The number of benzene rings is 1. The summed E-state index contributed by atoms with van der Waals surface area (Å²) in [5, 5.41) is 0. The van der Waals surface area contributed by atoms with Gasteiger partial charge in [-0.05, 0) is 46.6 Å².